The van der Waals surface area contributed by atoms with Crippen molar-refractivity contribution in [3.63, 3.8) is 0 Å². The zero-order chi connectivity index (χ0) is 14.9. The highest BCUT2D eigenvalue weighted by Gasteiger charge is 2.09. The first-order valence-electron chi connectivity index (χ1n) is 7.64. The van der Waals surface area contributed by atoms with Crippen LogP contribution in [0.5, 0.6) is 0 Å². The fourth-order valence-electron chi connectivity index (χ4n) is 3.10. The maximum atomic E-state index is 4.94. The number of benzene rings is 3. The highest BCUT2D eigenvalue weighted by molar-refractivity contribution is 6.06. The van der Waals surface area contributed by atoms with Crippen LogP contribution in [0.3, 0.4) is 0 Å². The smallest absolute Gasteiger partial charge is 0.0711 e. The van der Waals surface area contributed by atoms with Crippen molar-refractivity contribution >= 4 is 21.7 Å². The van der Waals surface area contributed by atoms with Gasteiger partial charge in [0, 0.05) is 17.2 Å². The van der Waals surface area contributed by atoms with Crippen LogP contribution < -0.4 is 0 Å². The zero-order valence-electron chi connectivity index (χ0n) is 12.6. The summed E-state index contributed by atoms with van der Waals surface area (Å²) in [5, 5.41) is 3.77. The first kappa shape index (κ1) is 13.0. The Morgan fingerprint density at radius 2 is 1.32 bits per heavy atom. The van der Waals surface area contributed by atoms with Gasteiger partial charge >= 0.3 is 0 Å². The molecule has 0 aliphatic carbocycles. The number of aryl methyl sites for hydroxylation is 1. The molecule has 0 atom stereocenters. The minimum Gasteiger partial charge on any atom is -0.252 e. The van der Waals surface area contributed by atoms with Crippen molar-refractivity contribution in [3.8, 4) is 0 Å². The summed E-state index contributed by atoms with van der Waals surface area (Å²) in [6.07, 6.45) is 0.873. The second kappa shape index (κ2) is 5.27. The van der Waals surface area contributed by atoms with Crippen LogP contribution >= 0.6 is 0 Å². The van der Waals surface area contributed by atoms with Gasteiger partial charge in [-0.25, -0.2) is 0 Å². The monoisotopic (exact) mass is 283 g/mol. The zero-order valence-corrected chi connectivity index (χ0v) is 12.6. The number of fused-ring (bicyclic) bond motifs is 3. The molecule has 0 aliphatic heterocycles. The molecule has 4 rings (SSSR count). The van der Waals surface area contributed by atoms with Crippen LogP contribution in [0.15, 0.2) is 72.8 Å². The summed E-state index contributed by atoms with van der Waals surface area (Å²) in [5.41, 5.74) is 4.89. The van der Waals surface area contributed by atoms with E-state index in [0.717, 1.165) is 17.6 Å². The van der Waals surface area contributed by atoms with Crippen molar-refractivity contribution in [1.29, 1.82) is 0 Å². The summed E-state index contributed by atoms with van der Waals surface area (Å²) in [6.45, 7) is 2.17. The van der Waals surface area contributed by atoms with Crippen LogP contribution in [0.1, 0.15) is 16.8 Å². The molecule has 0 saturated carbocycles. The molecule has 0 fully saturated rings. The van der Waals surface area contributed by atoms with E-state index >= 15 is 0 Å². The van der Waals surface area contributed by atoms with Gasteiger partial charge < -0.3 is 0 Å². The number of hydrogen-bond donors (Lipinski definition) is 0. The Bertz CT molecular complexity index is 970. The van der Waals surface area contributed by atoms with E-state index in [1.807, 2.05) is 0 Å². The fourth-order valence-corrected chi connectivity index (χ4v) is 3.10. The summed E-state index contributed by atoms with van der Waals surface area (Å²) in [5.74, 6) is 0. The molecule has 1 heteroatoms. The van der Waals surface area contributed by atoms with E-state index in [1.54, 1.807) is 0 Å². The van der Waals surface area contributed by atoms with Crippen LogP contribution in [0.2, 0.25) is 0 Å². The van der Waals surface area contributed by atoms with Gasteiger partial charge in [0.2, 0.25) is 0 Å². The SMILES string of the molecule is Cc1ccccc1Cc1nc2ccccc2c2ccccc12. The first-order chi connectivity index (χ1) is 10.8. The third-order valence-electron chi connectivity index (χ3n) is 4.31. The number of nitrogens with zero attached hydrogens (tertiary/aromatic N) is 1. The fraction of sp³-hybridized carbons (Fsp3) is 0.0952. The van der Waals surface area contributed by atoms with Gasteiger partial charge in [-0.15, -0.1) is 0 Å². The highest BCUT2D eigenvalue weighted by atomic mass is 14.7. The van der Waals surface area contributed by atoms with E-state index in [-0.39, 0.29) is 0 Å². The maximum absolute atomic E-state index is 4.94. The third-order valence-corrected chi connectivity index (χ3v) is 4.31. The molecule has 22 heavy (non-hydrogen) atoms. The minimum atomic E-state index is 0.873. The van der Waals surface area contributed by atoms with E-state index in [9.17, 15) is 0 Å². The molecule has 1 aromatic heterocycles. The number of aromatic nitrogens is 1. The number of para-hydroxylation sites is 1. The summed E-state index contributed by atoms with van der Waals surface area (Å²) < 4.78 is 0. The van der Waals surface area contributed by atoms with Gasteiger partial charge in [-0.05, 0) is 29.5 Å². The Kier molecular flexibility index (Phi) is 3.12. The summed E-state index contributed by atoms with van der Waals surface area (Å²) >= 11 is 0. The quantitative estimate of drug-likeness (QED) is 0.456. The molecule has 0 spiro atoms. The van der Waals surface area contributed by atoms with Crippen molar-refractivity contribution in [2.45, 2.75) is 13.3 Å². The van der Waals surface area contributed by atoms with E-state index in [0.29, 0.717) is 0 Å². The second-order valence-corrected chi connectivity index (χ2v) is 5.72. The van der Waals surface area contributed by atoms with Gasteiger partial charge in [0.15, 0.2) is 0 Å². The average molecular weight is 283 g/mol. The predicted octanol–water partition coefficient (Wildman–Crippen LogP) is 5.29. The lowest BCUT2D eigenvalue weighted by atomic mass is 9.98. The van der Waals surface area contributed by atoms with Crippen molar-refractivity contribution < 1.29 is 0 Å². The maximum Gasteiger partial charge on any atom is 0.0711 e. The van der Waals surface area contributed by atoms with Crippen LogP contribution in [0.4, 0.5) is 0 Å². The molecule has 0 radical (unpaired) electrons. The molecule has 0 saturated heterocycles. The molecule has 0 bridgehead atoms. The number of pyridine rings is 1. The van der Waals surface area contributed by atoms with Gasteiger partial charge in [-0.2, -0.15) is 0 Å². The molecule has 106 valence electrons. The molecular weight excluding hydrogens is 266 g/mol. The molecule has 0 aliphatic rings. The Balaban J connectivity index is 1.98. The van der Waals surface area contributed by atoms with Gasteiger partial charge in [-0.3, -0.25) is 4.98 Å². The Hall–Kier alpha value is -2.67. The Morgan fingerprint density at radius 3 is 2.14 bits per heavy atom. The lowest BCUT2D eigenvalue weighted by Gasteiger charge is -2.11. The lowest BCUT2D eigenvalue weighted by molar-refractivity contribution is 1.10. The minimum absolute atomic E-state index is 0.873. The first-order valence-corrected chi connectivity index (χ1v) is 7.64. The normalized spacial score (nSPS) is 11.1. The predicted molar refractivity (Wildman–Crippen MR) is 93.2 cm³/mol. The lowest BCUT2D eigenvalue weighted by Crippen LogP contribution is -1.97. The molecule has 0 N–H and O–H groups in total. The summed E-state index contributed by atoms with van der Waals surface area (Å²) in [7, 11) is 0. The largest absolute Gasteiger partial charge is 0.252 e. The Labute approximate surface area is 130 Å². The van der Waals surface area contributed by atoms with E-state index < -0.39 is 0 Å². The molecule has 0 amide bonds. The standard InChI is InChI=1S/C21H17N/c1-15-8-2-3-9-16(15)14-21-19-12-5-4-10-17(19)18-11-6-7-13-20(18)22-21/h2-13H,14H2,1H3. The van der Waals surface area contributed by atoms with Crippen LogP contribution in [0.25, 0.3) is 21.7 Å². The molecule has 1 heterocycles. The third kappa shape index (κ3) is 2.15. The van der Waals surface area contributed by atoms with Crippen LogP contribution in [-0.2, 0) is 6.42 Å². The van der Waals surface area contributed by atoms with Crippen LogP contribution in [-0.4, -0.2) is 4.98 Å². The average Bonchev–Trinajstić information content (AvgIpc) is 2.57. The molecular formula is C21H17N. The van der Waals surface area contributed by atoms with E-state index in [2.05, 4.69) is 79.7 Å². The van der Waals surface area contributed by atoms with Gasteiger partial charge in [0.05, 0.1) is 11.2 Å². The Morgan fingerprint density at radius 1 is 0.682 bits per heavy atom. The molecule has 1 nitrogen and oxygen atoms in total. The molecule has 4 aromatic rings. The summed E-state index contributed by atoms with van der Waals surface area (Å²) in [6, 6.07) is 25.5. The second-order valence-electron chi connectivity index (χ2n) is 5.72. The van der Waals surface area contributed by atoms with E-state index in [4.69, 9.17) is 4.98 Å². The van der Waals surface area contributed by atoms with Crippen LogP contribution in [0, 0.1) is 6.92 Å². The van der Waals surface area contributed by atoms with Crippen molar-refractivity contribution in [2.75, 3.05) is 0 Å². The van der Waals surface area contributed by atoms with Crippen molar-refractivity contribution in [2.24, 2.45) is 0 Å². The highest BCUT2D eigenvalue weighted by Crippen LogP contribution is 2.27. The van der Waals surface area contributed by atoms with Crippen molar-refractivity contribution in [3.05, 3.63) is 89.6 Å². The summed E-state index contributed by atoms with van der Waals surface area (Å²) in [4.78, 5) is 4.94. The number of hydrogen-bond acceptors (Lipinski definition) is 1. The van der Waals surface area contributed by atoms with Gasteiger partial charge in [0.25, 0.3) is 0 Å². The van der Waals surface area contributed by atoms with Gasteiger partial charge in [-0.1, -0.05) is 66.7 Å². The van der Waals surface area contributed by atoms with E-state index in [1.165, 1.54) is 27.3 Å². The topological polar surface area (TPSA) is 12.9 Å². The number of rotatable bonds is 2. The van der Waals surface area contributed by atoms with Crippen molar-refractivity contribution in [1.82, 2.24) is 4.98 Å². The molecule has 3 aromatic carbocycles. The molecule has 0 unspecified atom stereocenters. The van der Waals surface area contributed by atoms with Gasteiger partial charge in [0.1, 0.15) is 0 Å².